The van der Waals surface area contributed by atoms with Crippen LogP contribution in [0.1, 0.15) is 73.9 Å². The molecule has 4 heterocycles. The van der Waals surface area contributed by atoms with E-state index in [0.717, 1.165) is 114 Å². The maximum atomic E-state index is 13.7. The Labute approximate surface area is 326 Å². The molecule has 3 fully saturated rings. The number of hydrogen-bond donors (Lipinski definition) is 1. The van der Waals surface area contributed by atoms with Crippen LogP contribution in [-0.4, -0.2) is 114 Å². The van der Waals surface area contributed by atoms with Gasteiger partial charge >= 0.3 is 0 Å². The van der Waals surface area contributed by atoms with Crippen LogP contribution >= 0.6 is 11.6 Å². The van der Waals surface area contributed by atoms with Crippen molar-refractivity contribution < 1.29 is 27.4 Å². The predicted octanol–water partition coefficient (Wildman–Crippen LogP) is 5.68. The third kappa shape index (κ3) is 7.34. The van der Waals surface area contributed by atoms with Gasteiger partial charge in [-0.25, -0.2) is 13.1 Å². The largest absolute Gasteiger partial charge is 0.490 e. The number of ether oxygens (including phenoxy) is 3. The first kappa shape index (κ1) is 38.2. The Morgan fingerprint density at radius 3 is 2.63 bits per heavy atom. The van der Waals surface area contributed by atoms with Gasteiger partial charge < -0.3 is 19.1 Å². The van der Waals surface area contributed by atoms with E-state index in [-0.39, 0.29) is 17.3 Å². The number of rotatable bonds is 4. The molecule has 7 atom stereocenters. The van der Waals surface area contributed by atoms with Gasteiger partial charge in [0.05, 0.1) is 24.2 Å². The molecule has 1 N–H and O–H groups in total. The van der Waals surface area contributed by atoms with Gasteiger partial charge in [0.15, 0.2) is 0 Å². The zero-order valence-corrected chi connectivity index (χ0v) is 33.7. The van der Waals surface area contributed by atoms with Crippen molar-refractivity contribution in [2.45, 2.75) is 81.1 Å². The standard InChI is InChI=1S/C42H57ClN4O6S/c1-29-6-4-16-42(51-3,27-45-17-19-46(20-18-45)35-14-21-52-25-35)37-11-8-33(37)24-47-26-41(15-5-7-31-22-34(43)10-12-36(31)41)28-53-39-13-9-32(23-38(39)47)40(48)44-54(49,50)30(29)2/h4,9-10,12-13,16,22-23,29-30,33,35,37H,5-8,11,14-15,17-21,24-28H2,1-3H3,(H,44,48)/b16-4+/t29-,30+,33-,35?,37+,41-,42+/m0/s1. The number of amides is 1. The summed E-state index contributed by atoms with van der Waals surface area (Å²) < 4.78 is 48.8. The minimum absolute atomic E-state index is 0.219. The molecule has 4 aliphatic heterocycles. The second-order valence-corrected chi connectivity index (χ2v) is 19.5. The molecule has 2 aromatic carbocycles. The Kier molecular flexibility index (Phi) is 10.9. The number of carbonyl (C=O) groups is 1. The average molecular weight is 781 g/mol. The predicted molar refractivity (Wildman–Crippen MR) is 212 cm³/mol. The van der Waals surface area contributed by atoms with Crippen molar-refractivity contribution in [3.8, 4) is 5.75 Å². The first-order valence-electron chi connectivity index (χ1n) is 20.1. The van der Waals surface area contributed by atoms with E-state index in [9.17, 15) is 13.2 Å². The second-order valence-electron chi connectivity index (χ2n) is 17.0. The Balaban J connectivity index is 1.16. The lowest BCUT2D eigenvalue weighted by atomic mass is 9.63. The summed E-state index contributed by atoms with van der Waals surface area (Å²) in [4.78, 5) is 21.3. The molecule has 2 bridgehead atoms. The Morgan fingerprint density at radius 1 is 1.06 bits per heavy atom. The van der Waals surface area contributed by atoms with Gasteiger partial charge in [0.1, 0.15) is 11.4 Å². The number of nitrogens with zero attached hydrogens (tertiary/aromatic N) is 3. The van der Waals surface area contributed by atoms with Crippen LogP contribution in [-0.2, 0) is 31.3 Å². The zero-order chi connectivity index (χ0) is 37.7. The number of piperazine rings is 1. The Morgan fingerprint density at radius 2 is 1.89 bits per heavy atom. The summed E-state index contributed by atoms with van der Waals surface area (Å²) in [7, 11) is -2.10. The lowest BCUT2D eigenvalue weighted by molar-refractivity contribution is -0.0964. The average Bonchev–Trinajstić information content (AvgIpc) is 3.65. The van der Waals surface area contributed by atoms with Crippen LogP contribution in [0.15, 0.2) is 48.6 Å². The van der Waals surface area contributed by atoms with E-state index in [4.69, 9.17) is 25.8 Å². The molecule has 8 rings (SSSR count). The number of nitrogens with one attached hydrogen (secondary N) is 1. The highest BCUT2D eigenvalue weighted by Gasteiger charge is 2.50. The molecule has 2 aliphatic carbocycles. The van der Waals surface area contributed by atoms with Gasteiger partial charge in [-0.1, -0.05) is 36.7 Å². The Bertz CT molecular complexity index is 1850. The normalized spacial score (nSPS) is 35.2. The lowest BCUT2D eigenvalue weighted by Crippen LogP contribution is -2.59. The summed E-state index contributed by atoms with van der Waals surface area (Å²) in [5.74, 6) is 0.483. The number of benzene rings is 2. The molecular formula is C42H57ClN4O6S. The highest BCUT2D eigenvalue weighted by molar-refractivity contribution is 7.90. The molecule has 1 spiro atoms. The number of anilines is 1. The summed E-state index contributed by atoms with van der Waals surface area (Å²) in [6.45, 7) is 12.1. The smallest absolute Gasteiger partial charge is 0.264 e. The maximum Gasteiger partial charge on any atom is 0.264 e. The number of methoxy groups -OCH3 is 1. The van der Waals surface area contributed by atoms with Gasteiger partial charge in [-0.3, -0.25) is 14.6 Å². The summed E-state index contributed by atoms with van der Waals surface area (Å²) >= 11 is 6.51. The minimum atomic E-state index is -3.96. The summed E-state index contributed by atoms with van der Waals surface area (Å²) in [5.41, 5.74) is 2.90. The maximum absolute atomic E-state index is 13.7. The molecule has 2 aromatic rings. The number of fused-ring (bicyclic) bond motifs is 4. The van der Waals surface area contributed by atoms with Crippen molar-refractivity contribution in [2.75, 3.05) is 77.6 Å². The summed E-state index contributed by atoms with van der Waals surface area (Å²) in [6.07, 6.45) is 11.2. The van der Waals surface area contributed by atoms with Crippen LogP contribution in [0.25, 0.3) is 0 Å². The van der Waals surface area contributed by atoms with Crippen molar-refractivity contribution in [2.24, 2.45) is 17.8 Å². The fraction of sp³-hybridized carbons (Fsp3) is 0.643. The molecule has 12 heteroatoms. The number of sulfonamides is 1. The molecular weight excluding hydrogens is 724 g/mol. The minimum Gasteiger partial charge on any atom is -0.490 e. The third-order valence-corrected chi connectivity index (χ3v) is 16.1. The van der Waals surface area contributed by atoms with Crippen LogP contribution in [0, 0.1) is 17.8 Å². The van der Waals surface area contributed by atoms with E-state index < -0.39 is 26.8 Å². The fourth-order valence-electron chi connectivity index (χ4n) is 10.3. The highest BCUT2D eigenvalue weighted by atomic mass is 35.5. The first-order chi connectivity index (χ1) is 26.0. The zero-order valence-electron chi connectivity index (χ0n) is 32.1. The van der Waals surface area contributed by atoms with Crippen molar-refractivity contribution >= 4 is 33.2 Å². The van der Waals surface area contributed by atoms with E-state index in [1.165, 1.54) is 11.1 Å². The van der Waals surface area contributed by atoms with Gasteiger partial charge in [0.25, 0.3) is 5.91 Å². The molecule has 1 unspecified atom stereocenters. The highest BCUT2D eigenvalue weighted by Crippen LogP contribution is 2.49. The van der Waals surface area contributed by atoms with E-state index >= 15 is 0 Å². The molecule has 1 amide bonds. The first-order valence-corrected chi connectivity index (χ1v) is 22.1. The quantitative estimate of drug-likeness (QED) is 0.394. The monoisotopic (exact) mass is 780 g/mol. The molecule has 1 saturated carbocycles. The van der Waals surface area contributed by atoms with Gasteiger partial charge in [0.2, 0.25) is 10.0 Å². The van der Waals surface area contributed by atoms with Gasteiger partial charge in [0, 0.05) is 81.6 Å². The fourth-order valence-corrected chi connectivity index (χ4v) is 11.7. The summed E-state index contributed by atoms with van der Waals surface area (Å²) in [6, 6.07) is 12.2. The van der Waals surface area contributed by atoms with Crippen molar-refractivity contribution in [3.63, 3.8) is 0 Å². The molecule has 10 nitrogen and oxygen atoms in total. The molecule has 0 radical (unpaired) electrons. The van der Waals surface area contributed by atoms with Crippen molar-refractivity contribution in [1.82, 2.24) is 14.5 Å². The molecule has 6 aliphatic rings. The number of allylic oxidation sites excluding steroid dienone is 1. The van der Waals surface area contributed by atoms with Crippen LogP contribution in [0.2, 0.25) is 5.02 Å². The number of aryl methyl sites for hydroxylation is 1. The third-order valence-electron chi connectivity index (χ3n) is 13.9. The summed E-state index contributed by atoms with van der Waals surface area (Å²) in [5, 5.41) is -0.0290. The number of carbonyl (C=O) groups excluding carboxylic acids is 1. The van der Waals surface area contributed by atoms with E-state index in [1.54, 1.807) is 13.0 Å². The van der Waals surface area contributed by atoms with Crippen molar-refractivity contribution in [1.29, 1.82) is 0 Å². The van der Waals surface area contributed by atoms with E-state index in [2.05, 4.69) is 43.7 Å². The number of halogens is 1. The van der Waals surface area contributed by atoms with Crippen molar-refractivity contribution in [3.05, 3.63) is 70.3 Å². The van der Waals surface area contributed by atoms with Gasteiger partial charge in [-0.15, -0.1) is 0 Å². The van der Waals surface area contributed by atoms with Gasteiger partial charge in [-0.05, 0) is 111 Å². The van der Waals surface area contributed by atoms with Gasteiger partial charge in [-0.2, -0.15) is 0 Å². The topological polar surface area (TPSA) is 101 Å². The molecule has 2 saturated heterocycles. The molecule has 0 aromatic heterocycles. The van der Waals surface area contributed by atoms with E-state index in [1.807, 2.05) is 32.2 Å². The number of hydrogen-bond acceptors (Lipinski definition) is 9. The van der Waals surface area contributed by atoms with E-state index in [0.29, 0.717) is 30.6 Å². The van der Waals surface area contributed by atoms with Crippen LogP contribution < -0.4 is 14.4 Å². The SMILES string of the molecule is CO[C@@]1(CN2CCN(C3CCOC3)CC2)/C=C/C[C@H](C)[C@@H](C)S(=O)(=O)NC(=O)c2ccc3c(c2)N(C[C@@H]2CC[C@H]21)C[C@@]1(CCCc2cc(Cl)ccc21)CO3. The van der Waals surface area contributed by atoms with Crippen LogP contribution in [0.5, 0.6) is 5.75 Å². The van der Waals surface area contributed by atoms with Crippen LogP contribution in [0.3, 0.4) is 0 Å². The lowest BCUT2D eigenvalue weighted by Gasteiger charge is -2.52. The second kappa shape index (κ2) is 15.3. The molecule has 294 valence electrons. The molecule has 54 heavy (non-hydrogen) atoms. The van der Waals surface area contributed by atoms with Crippen LogP contribution in [0.4, 0.5) is 5.69 Å². The Hall–Kier alpha value is -2.67.